The van der Waals surface area contributed by atoms with Gasteiger partial charge in [-0.2, -0.15) is 0 Å². The number of nitrogens with two attached hydrogens (primary N) is 1. The van der Waals surface area contributed by atoms with E-state index in [0.717, 1.165) is 5.76 Å². The summed E-state index contributed by atoms with van der Waals surface area (Å²) in [6.07, 6.45) is 1.89. The zero-order valence-corrected chi connectivity index (χ0v) is 11.2. The Kier molecular flexibility index (Phi) is 4.84. The molecule has 0 radical (unpaired) electrons. The highest BCUT2D eigenvalue weighted by Gasteiger charge is 2.14. The van der Waals surface area contributed by atoms with Crippen molar-refractivity contribution < 1.29 is 9.16 Å². The molecule has 0 saturated carbocycles. The van der Waals surface area contributed by atoms with Crippen molar-refractivity contribution in [3.8, 4) is 0 Å². The third-order valence-corrected chi connectivity index (χ3v) is 2.34. The van der Waals surface area contributed by atoms with Gasteiger partial charge in [0.05, 0.1) is 5.76 Å². The molecule has 0 aliphatic rings. The molecule has 0 aromatic rings. The molecule has 0 bridgehead atoms. The maximum atomic E-state index is 5.81. The summed E-state index contributed by atoms with van der Waals surface area (Å²) in [5.74, 6) is 0.816. The predicted molar refractivity (Wildman–Crippen MR) is 62.4 cm³/mol. The Bertz CT molecular complexity index is 201. The number of ether oxygens (including phenoxy) is 1. The second-order valence-corrected chi connectivity index (χ2v) is 9.61. The standard InChI is InChI=1S/C10H23NO2Si/c1-9(7-10(2,3)11)12-8-13-14(4,5)6/h7H,8,11H2,1-6H3. The Hall–Kier alpha value is -0.323. The molecule has 0 aliphatic heterocycles. The van der Waals surface area contributed by atoms with E-state index in [9.17, 15) is 0 Å². The van der Waals surface area contributed by atoms with E-state index in [4.69, 9.17) is 14.9 Å². The lowest BCUT2D eigenvalue weighted by Gasteiger charge is -2.19. The van der Waals surface area contributed by atoms with Crippen LogP contribution in [0.1, 0.15) is 20.8 Å². The number of allylic oxidation sites excluding steroid dienone is 1. The lowest BCUT2D eigenvalue weighted by Crippen LogP contribution is -2.30. The Balaban J connectivity index is 3.87. The van der Waals surface area contributed by atoms with E-state index in [1.54, 1.807) is 0 Å². The van der Waals surface area contributed by atoms with Gasteiger partial charge in [0, 0.05) is 5.54 Å². The van der Waals surface area contributed by atoms with Gasteiger partial charge in [0.25, 0.3) is 0 Å². The quantitative estimate of drug-likeness (QED) is 0.437. The molecule has 84 valence electrons. The molecular formula is C10H23NO2Si. The average Bonchev–Trinajstić information content (AvgIpc) is 1.78. The van der Waals surface area contributed by atoms with Crippen LogP contribution in [0.3, 0.4) is 0 Å². The average molecular weight is 217 g/mol. The second kappa shape index (κ2) is 4.96. The molecule has 0 saturated heterocycles. The van der Waals surface area contributed by atoms with Gasteiger partial charge in [-0.3, -0.25) is 0 Å². The van der Waals surface area contributed by atoms with Crippen molar-refractivity contribution in [1.82, 2.24) is 0 Å². The first kappa shape index (κ1) is 13.7. The highest BCUT2D eigenvalue weighted by molar-refractivity contribution is 6.69. The lowest BCUT2D eigenvalue weighted by atomic mass is 10.1. The summed E-state index contributed by atoms with van der Waals surface area (Å²) in [5, 5.41) is 0. The molecule has 0 spiro atoms. The maximum Gasteiger partial charge on any atom is 0.188 e. The molecule has 0 heterocycles. The van der Waals surface area contributed by atoms with Crippen molar-refractivity contribution in [1.29, 1.82) is 0 Å². The first-order chi connectivity index (χ1) is 6.10. The van der Waals surface area contributed by atoms with Crippen molar-refractivity contribution in [3.05, 3.63) is 11.8 Å². The first-order valence-corrected chi connectivity index (χ1v) is 8.26. The van der Waals surface area contributed by atoms with Gasteiger partial charge in [-0.25, -0.2) is 0 Å². The molecule has 0 amide bonds. The summed E-state index contributed by atoms with van der Waals surface area (Å²) >= 11 is 0. The SMILES string of the molecule is CC(=CC(C)(C)N)OCO[Si](C)(C)C. The Labute approximate surface area is 88.4 Å². The van der Waals surface area contributed by atoms with Crippen LogP contribution < -0.4 is 5.73 Å². The third kappa shape index (κ3) is 9.76. The maximum absolute atomic E-state index is 5.81. The van der Waals surface area contributed by atoms with Crippen LogP contribution in [-0.4, -0.2) is 20.6 Å². The molecule has 0 rings (SSSR count). The minimum Gasteiger partial charge on any atom is -0.473 e. The summed E-state index contributed by atoms with van der Waals surface area (Å²) in [5.41, 5.74) is 5.48. The summed E-state index contributed by atoms with van der Waals surface area (Å²) in [4.78, 5) is 0. The fourth-order valence-corrected chi connectivity index (χ4v) is 1.28. The smallest absolute Gasteiger partial charge is 0.188 e. The monoisotopic (exact) mass is 217 g/mol. The van der Waals surface area contributed by atoms with E-state index in [2.05, 4.69) is 19.6 Å². The lowest BCUT2D eigenvalue weighted by molar-refractivity contribution is 0.0554. The van der Waals surface area contributed by atoms with Gasteiger partial charge >= 0.3 is 0 Å². The fourth-order valence-electron chi connectivity index (χ4n) is 0.865. The Morgan fingerprint density at radius 2 is 1.86 bits per heavy atom. The van der Waals surface area contributed by atoms with E-state index in [1.807, 2.05) is 26.8 Å². The zero-order chi connectivity index (χ0) is 11.4. The molecule has 0 atom stereocenters. The van der Waals surface area contributed by atoms with E-state index in [1.165, 1.54) is 0 Å². The largest absolute Gasteiger partial charge is 0.473 e. The molecule has 0 aromatic carbocycles. The normalized spacial score (nSPS) is 14.4. The summed E-state index contributed by atoms with van der Waals surface area (Å²) in [6, 6.07) is 0. The van der Waals surface area contributed by atoms with Crippen LogP contribution in [0.25, 0.3) is 0 Å². The number of rotatable bonds is 5. The van der Waals surface area contributed by atoms with Crippen molar-refractivity contribution in [2.24, 2.45) is 5.73 Å². The topological polar surface area (TPSA) is 44.5 Å². The third-order valence-electron chi connectivity index (χ3n) is 1.35. The molecule has 0 fully saturated rings. The molecule has 3 nitrogen and oxygen atoms in total. The van der Waals surface area contributed by atoms with Gasteiger partial charge in [-0.15, -0.1) is 0 Å². The minimum atomic E-state index is -1.47. The highest BCUT2D eigenvalue weighted by atomic mass is 28.4. The van der Waals surface area contributed by atoms with Gasteiger partial charge < -0.3 is 14.9 Å². The Morgan fingerprint density at radius 3 is 2.21 bits per heavy atom. The van der Waals surface area contributed by atoms with Gasteiger partial charge in [0.1, 0.15) is 0 Å². The van der Waals surface area contributed by atoms with Gasteiger partial charge in [0.15, 0.2) is 15.1 Å². The van der Waals surface area contributed by atoms with Crippen LogP contribution in [0.4, 0.5) is 0 Å². The van der Waals surface area contributed by atoms with Crippen LogP contribution in [-0.2, 0) is 9.16 Å². The van der Waals surface area contributed by atoms with Gasteiger partial charge in [-0.1, -0.05) is 0 Å². The van der Waals surface area contributed by atoms with E-state index in [-0.39, 0.29) is 5.54 Å². The van der Waals surface area contributed by atoms with Gasteiger partial charge in [0.2, 0.25) is 0 Å². The van der Waals surface area contributed by atoms with Crippen LogP contribution in [0.5, 0.6) is 0 Å². The van der Waals surface area contributed by atoms with Crippen LogP contribution in [0, 0.1) is 0 Å². The number of hydrogen-bond acceptors (Lipinski definition) is 3. The van der Waals surface area contributed by atoms with Crippen molar-refractivity contribution >= 4 is 8.32 Å². The van der Waals surface area contributed by atoms with Crippen LogP contribution in [0.15, 0.2) is 11.8 Å². The molecule has 0 aliphatic carbocycles. The van der Waals surface area contributed by atoms with Gasteiger partial charge in [-0.05, 0) is 46.5 Å². The summed E-state index contributed by atoms with van der Waals surface area (Å²) in [7, 11) is -1.47. The molecule has 0 unspecified atom stereocenters. The summed E-state index contributed by atoms with van der Waals surface area (Å²) < 4.78 is 10.9. The number of hydrogen-bond donors (Lipinski definition) is 1. The summed E-state index contributed by atoms with van der Waals surface area (Å²) in [6.45, 7) is 12.5. The predicted octanol–water partition coefficient (Wildman–Crippen LogP) is 2.45. The molecule has 2 N–H and O–H groups in total. The first-order valence-electron chi connectivity index (χ1n) is 4.85. The molecule has 14 heavy (non-hydrogen) atoms. The minimum absolute atomic E-state index is 0.328. The molecule has 0 aromatic heterocycles. The van der Waals surface area contributed by atoms with Crippen molar-refractivity contribution in [2.75, 3.05) is 6.79 Å². The zero-order valence-electron chi connectivity index (χ0n) is 10.2. The van der Waals surface area contributed by atoms with Crippen molar-refractivity contribution in [3.63, 3.8) is 0 Å². The highest BCUT2D eigenvalue weighted by Crippen LogP contribution is 2.08. The van der Waals surface area contributed by atoms with E-state index >= 15 is 0 Å². The molecule has 4 heteroatoms. The second-order valence-electron chi connectivity index (χ2n) is 5.10. The van der Waals surface area contributed by atoms with Crippen LogP contribution >= 0.6 is 0 Å². The van der Waals surface area contributed by atoms with Crippen LogP contribution in [0.2, 0.25) is 19.6 Å². The Morgan fingerprint density at radius 1 is 1.36 bits per heavy atom. The van der Waals surface area contributed by atoms with E-state index in [0.29, 0.717) is 6.79 Å². The van der Waals surface area contributed by atoms with E-state index < -0.39 is 8.32 Å². The molecular weight excluding hydrogens is 194 g/mol. The van der Waals surface area contributed by atoms with Crippen molar-refractivity contribution in [2.45, 2.75) is 46.0 Å². The fraction of sp³-hybridized carbons (Fsp3) is 0.800.